The minimum absolute atomic E-state index is 0.0163. The molecule has 3 nitrogen and oxygen atoms in total. The zero-order chi connectivity index (χ0) is 19.0. The highest BCUT2D eigenvalue weighted by Crippen LogP contribution is 2.40. The molecule has 1 aliphatic heterocycles. The van der Waals surface area contributed by atoms with E-state index in [1.807, 2.05) is 33.8 Å². The zero-order valence-electron chi connectivity index (χ0n) is 14.8. The SMILES string of the molecule is CC(=O)SCC(=Cc1cc(Cl)c(Cl)cc1Cl)B1OC(C)(C)C(C)(C)O1. The van der Waals surface area contributed by atoms with Gasteiger partial charge in [-0.05, 0) is 50.9 Å². The molecule has 1 heterocycles. The highest BCUT2D eigenvalue weighted by Gasteiger charge is 2.52. The van der Waals surface area contributed by atoms with Gasteiger partial charge in [0.15, 0.2) is 5.12 Å². The maximum Gasteiger partial charge on any atom is 0.491 e. The van der Waals surface area contributed by atoms with E-state index in [9.17, 15) is 4.79 Å². The molecule has 25 heavy (non-hydrogen) atoms. The Balaban J connectivity index is 2.40. The van der Waals surface area contributed by atoms with Gasteiger partial charge >= 0.3 is 7.12 Å². The quantitative estimate of drug-likeness (QED) is 0.445. The molecule has 0 bridgehead atoms. The second kappa shape index (κ2) is 7.83. The first-order valence-electron chi connectivity index (χ1n) is 7.77. The minimum atomic E-state index is -0.567. The summed E-state index contributed by atoms with van der Waals surface area (Å²) in [5, 5.41) is 1.28. The van der Waals surface area contributed by atoms with Gasteiger partial charge in [-0.15, -0.1) is 0 Å². The first-order chi connectivity index (χ1) is 11.4. The van der Waals surface area contributed by atoms with Gasteiger partial charge in [0.2, 0.25) is 0 Å². The van der Waals surface area contributed by atoms with Crippen LogP contribution in [0.5, 0.6) is 0 Å². The van der Waals surface area contributed by atoms with Crippen LogP contribution in [0.15, 0.2) is 17.6 Å². The molecule has 136 valence electrons. The van der Waals surface area contributed by atoms with E-state index < -0.39 is 18.3 Å². The van der Waals surface area contributed by atoms with Gasteiger partial charge in [0.25, 0.3) is 0 Å². The Morgan fingerprint density at radius 1 is 1.08 bits per heavy atom. The van der Waals surface area contributed by atoms with Gasteiger partial charge < -0.3 is 9.31 Å². The standard InChI is InChI=1S/C17H20BCl3O3S/c1-10(22)25-9-12(18-23-16(2,3)17(4,5)24-18)6-11-7-14(20)15(21)8-13(11)19/h6-8H,9H2,1-5H3. The van der Waals surface area contributed by atoms with Crippen molar-refractivity contribution in [1.82, 2.24) is 0 Å². The summed E-state index contributed by atoms with van der Waals surface area (Å²) in [5.74, 6) is 0.433. The van der Waals surface area contributed by atoms with Crippen LogP contribution < -0.4 is 0 Å². The molecule has 0 aliphatic carbocycles. The molecule has 1 aromatic carbocycles. The van der Waals surface area contributed by atoms with Gasteiger partial charge in [0.1, 0.15) is 0 Å². The molecule has 1 fully saturated rings. The Morgan fingerprint density at radius 2 is 1.60 bits per heavy atom. The number of hydrogen-bond acceptors (Lipinski definition) is 4. The van der Waals surface area contributed by atoms with Crippen LogP contribution in [-0.2, 0) is 14.1 Å². The predicted octanol–water partition coefficient (Wildman–Crippen LogP) is 5.94. The van der Waals surface area contributed by atoms with Gasteiger partial charge in [0, 0.05) is 17.7 Å². The monoisotopic (exact) mass is 420 g/mol. The van der Waals surface area contributed by atoms with Crippen LogP contribution in [0, 0.1) is 0 Å². The third kappa shape index (κ3) is 4.97. The first-order valence-corrected chi connectivity index (χ1v) is 9.89. The average Bonchev–Trinajstić information content (AvgIpc) is 2.68. The Morgan fingerprint density at radius 3 is 2.12 bits per heavy atom. The summed E-state index contributed by atoms with van der Waals surface area (Å²) in [5.41, 5.74) is 0.558. The van der Waals surface area contributed by atoms with Crippen LogP contribution in [0.4, 0.5) is 0 Å². The second-order valence-corrected chi connectivity index (χ2v) is 9.25. The van der Waals surface area contributed by atoms with Crippen LogP contribution in [-0.4, -0.2) is 29.2 Å². The summed E-state index contributed by atoms with van der Waals surface area (Å²) >= 11 is 19.6. The third-order valence-electron chi connectivity index (χ3n) is 4.38. The van der Waals surface area contributed by atoms with E-state index in [1.165, 1.54) is 18.7 Å². The van der Waals surface area contributed by atoms with Crippen molar-refractivity contribution in [3.05, 3.63) is 38.2 Å². The van der Waals surface area contributed by atoms with Crippen LogP contribution >= 0.6 is 46.6 Å². The van der Waals surface area contributed by atoms with E-state index in [0.29, 0.717) is 26.4 Å². The molecule has 0 radical (unpaired) electrons. The molecular weight excluding hydrogens is 401 g/mol. The lowest BCUT2D eigenvalue weighted by atomic mass is 9.78. The summed E-state index contributed by atoms with van der Waals surface area (Å²) in [6, 6.07) is 3.28. The lowest BCUT2D eigenvalue weighted by Crippen LogP contribution is -2.41. The normalized spacial score (nSPS) is 19.4. The molecule has 1 aliphatic rings. The fraction of sp³-hybridized carbons (Fsp3) is 0.471. The molecule has 0 N–H and O–H groups in total. The fourth-order valence-corrected chi connectivity index (χ4v) is 3.40. The van der Waals surface area contributed by atoms with E-state index in [0.717, 1.165) is 5.47 Å². The van der Waals surface area contributed by atoms with Crippen molar-refractivity contribution < 1.29 is 14.1 Å². The highest BCUT2D eigenvalue weighted by atomic mass is 35.5. The number of hydrogen-bond donors (Lipinski definition) is 0. The molecule has 0 spiro atoms. The summed E-state index contributed by atoms with van der Waals surface area (Å²) < 4.78 is 12.2. The van der Waals surface area contributed by atoms with E-state index in [4.69, 9.17) is 44.1 Å². The second-order valence-electron chi connectivity index (χ2n) is 6.88. The number of benzene rings is 1. The number of halogens is 3. The molecule has 0 amide bonds. The summed E-state index contributed by atoms with van der Waals surface area (Å²) in [7, 11) is -0.567. The number of thioether (sulfide) groups is 1. The number of carbonyl (C=O) groups is 1. The number of rotatable bonds is 4. The maximum absolute atomic E-state index is 11.4. The van der Waals surface area contributed by atoms with Crippen molar-refractivity contribution in [2.75, 3.05) is 5.75 Å². The molecule has 1 aromatic rings. The topological polar surface area (TPSA) is 35.5 Å². The highest BCUT2D eigenvalue weighted by molar-refractivity contribution is 8.13. The molecule has 0 aromatic heterocycles. The van der Waals surface area contributed by atoms with E-state index in [2.05, 4.69) is 0 Å². The Labute approximate surface area is 168 Å². The molecule has 0 atom stereocenters. The first kappa shape index (κ1) is 21.1. The van der Waals surface area contributed by atoms with E-state index in [1.54, 1.807) is 12.1 Å². The predicted molar refractivity (Wildman–Crippen MR) is 109 cm³/mol. The van der Waals surface area contributed by atoms with Gasteiger partial charge in [0.05, 0.1) is 21.2 Å². The van der Waals surface area contributed by atoms with Crippen LogP contribution in [0.1, 0.15) is 40.2 Å². The molecule has 2 rings (SSSR count). The lowest BCUT2D eigenvalue weighted by molar-refractivity contribution is -0.109. The number of carbonyl (C=O) groups excluding carboxylic acids is 1. The largest absolute Gasteiger partial charge is 0.491 e. The Bertz CT molecular complexity index is 703. The minimum Gasteiger partial charge on any atom is -0.400 e. The Kier molecular flexibility index (Phi) is 6.62. The molecular formula is C17H20BCl3O3S. The molecule has 0 saturated carbocycles. The molecule has 8 heteroatoms. The van der Waals surface area contributed by atoms with Gasteiger partial charge in [-0.25, -0.2) is 0 Å². The van der Waals surface area contributed by atoms with Gasteiger partial charge in [-0.1, -0.05) is 52.6 Å². The van der Waals surface area contributed by atoms with E-state index >= 15 is 0 Å². The van der Waals surface area contributed by atoms with Crippen molar-refractivity contribution in [3.63, 3.8) is 0 Å². The van der Waals surface area contributed by atoms with Crippen molar-refractivity contribution >= 4 is 64.9 Å². The van der Waals surface area contributed by atoms with Crippen LogP contribution in [0.25, 0.3) is 6.08 Å². The smallest absolute Gasteiger partial charge is 0.400 e. The van der Waals surface area contributed by atoms with Crippen molar-refractivity contribution in [2.45, 2.75) is 45.8 Å². The average molecular weight is 422 g/mol. The summed E-state index contributed by atoms with van der Waals surface area (Å²) in [6.45, 7) is 9.45. The molecule has 1 saturated heterocycles. The van der Waals surface area contributed by atoms with Crippen molar-refractivity contribution in [3.8, 4) is 0 Å². The third-order valence-corrected chi connectivity index (χ3v) is 6.31. The van der Waals surface area contributed by atoms with Crippen LogP contribution in [0.3, 0.4) is 0 Å². The maximum atomic E-state index is 11.4. The Hall–Kier alpha value is -0.165. The summed E-state index contributed by atoms with van der Waals surface area (Å²) in [6.07, 6.45) is 1.85. The summed E-state index contributed by atoms with van der Waals surface area (Å²) in [4.78, 5) is 11.4. The van der Waals surface area contributed by atoms with E-state index in [-0.39, 0.29) is 5.12 Å². The zero-order valence-corrected chi connectivity index (χ0v) is 17.9. The van der Waals surface area contributed by atoms with Crippen molar-refractivity contribution in [2.24, 2.45) is 0 Å². The van der Waals surface area contributed by atoms with Crippen molar-refractivity contribution in [1.29, 1.82) is 0 Å². The van der Waals surface area contributed by atoms with Gasteiger partial charge in [-0.2, -0.15) is 0 Å². The lowest BCUT2D eigenvalue weighted by Gasteiger charge is -2.32. The van der Waals surface area contributed by atoms with Crippen LogP contribution in [0.2, 0.25) is 15.1 Å². The van der Waals surface area contributed by atoms with Gasteiger partial charge in [-0.3, -0.25) is 4.79 Å². The fourth-order valence-electron chi connectivity index (χ4n) is 2.21. The molecule has 0 unspecified atom stereocenters.